The van der Waals surface area contributed by atoms with Crippen molar-refractivity contribution < 1.29 is 14.5 Å². The maximum absolute atomic E-state index is 13.5. The van der Waals surface area contributed by atoms with Crippen molar-refractivity contribution in [2.75, 3.05) is 29.9 Å². The van der Waals surface area contributed by atoms with Crippen LogP contribution in [0.15, 0.2) is 41.4 Å². The zero-order chi connectivity index (χ0) is 22.1. The highest BCUT2D eigenvalue weighted by molar-refractivity contribution is 7.99. The van der Waals surface area contributed by atoms with Gasteiger partial charge in [0.1, 0.15) is 5.69 Å². The summed E-state index contributed by atoms with van der Waals surface area (Å²) in [6.07, 6.45) is 1.58. The number of fused-ring (bicyclic) bond motifs is 1. The lowest BCUT2D eigenvalue weighted by Crippen LogP contribution is -2.38. The zero-order valence-corrected chi connectivity index (χ0v) is 19.7. The average Bonchev–Trinajstić information content (AvgIpc) is 2.76. The second-order valence-corrected chi connectivity index (χ2v) is 10.5. The molecule has 1 unspecified atom stereocenters. The second kappa shape index (κ2) is 9.44. The molecule has 3 aromatic rings. The summed E-state index contributed by atoms with van der Waals surface area (Å²) in [5.41, 5.74) is 2.28. The van der Waals surface area contributed by atoms with Gasteiger partial charge in [0, 0.05) is 26.9 Å². The molecule has 162 valence electrons. The minimum absolute atomic E-state index is 0.0219. The number of thioether (sulfide) groups is 1. The third-order valence-corrected chi connectivity index (χ3v) is 8.08. The summed E-state index contributed by atoms with van der Waals surface area (Å²) in [6, 6.07) is 8.33. The van der Waals surface area contributed by atoms with E-state index in [2.05, 4.69) is 10.3 Å². The Labute approximate surface area is 197 Å². The van der Waals surface area contributed by atoms with Crippen LogP contribution < -0.4 is 5.32 Å². The predicted octanol–water partition coefficient (Wildman–Crippen LogP) is 5.36. The van der Waals surface area contributed by atoms with Crippen molar-refractivity contribution in [2.24, 2.45) is 0 Å². The number of halogens is 2. The van der Waals surface area contributed by atoms with Crippen molar-refractivity contribution in [3.63, 3.8) is 0 Å². The van der Waals surface area contributed by atoms with Crippen molar-refractivity contribution in [3.8, 4) is 0 Å². The number of carboxylic acid groups (broad SMARTS) is 1. The minimum Gasteiger partial charge on any atom is -0.593 e. The van der Waals surface area contributed by atoms with Crippen LogP contribution in [-0.2, 0) is 11.4 Å². The number of rotatable bonds is 5. The van der Waals surface area contributed by atoms with Gasteiger partial charge >= 0.3 is 5.97 Å². The van der Waals surface area contributed by atoms with Crippen LogP contribution in [0.5, 0.6) is 0 Å². The fourth-order valence-electron chi connectivity index (χ4n) is 3.36. The number of nitrogens with one attached hydrogen (secondary N) is 1. The summed E-state index contributed by atoms with van der Waals surface area (Å²) in [5.74, 6) is 0.693. The summed E-state index contributed by atoms with van der Waals surface area (Å²) in [7, 11) is 0. The first kappa shape index (κ1) is 22.5. The van der Waals surface area contributed by atoms with Gasteiger partial charge in [0.25, 0.3) is 0 Å². The molecular formula is C21H19Cl2N3O3S2. The molecule has 0 amide bonds. The van der Waals surface area contributed by atoms with Gasteiger partial charge in [0.05, 0.1) is 47.4 Å². The van der Waals surface area contributed by atoms with Crippen LogP contribution >= 0.6 is 35.0 Å². The Morgan fingerprint density at radius 3 is 2.71 bits per heavy atom. The van der Waals surface area contributed by atoms with Crippen LogP contribution in [0.1, 0.15) is 15.9 Å². The van der Waals surface area contributed by atoms with Gasteiger partial charge in [-0.1, -0.05) is 23.2 Å². The van der Waals surface area contributed by atoms with Crippen molar-refractivity contribution >= 4 is 74.6 Å². The predicted molar refractivity (Wildman–Crippen MR) is 128 cm³/mol. The van der Waals surface area contributed by atoms with Crippen LogP contribution in [-0.4, -0.2) is 49.5 Å². The number of carbonyl (C=O) groups is 1. The topological polar surface area (TPSA) is 88.5 Å². The van der Waals surface area contributed by atoms with E-state index in [0.717, 1.165) is 17.1 Å². The van der Waals surface area contributed by atoms with Crippen LogP contribution in [0.25, 0.3) is 10.9 Å². The molecule has 1 aromatic heterocycles. The Morgan fingerprint density at radius 1 is 1.26 bits per heavy atom. The Bertz CT molecular complexity index is 1160. The average molecular weight is 496 g/mol. The number of hydrogen-bond acceptors (Lipinski definition) is 6. The SMILES string of the molecule is Cc1cc(Nc2c([S+]([O-])N3CCSCC3)cnc3ccc(Cl)cc23)c(C(=O)O)cc1Cl. The molecule has 4 rings (SSSR count). The van der Waals surface area contributed by atoms with E-state index in [1.54, 1.807) is 37.4 Å². The van der Waals surface area contributed by atoms with Gasteiger partial charge in [-0.25, -0.2) is 4.79 Å². The van der Waals surface area contributed by atoms with Gasteiger partial charge in [-0.05, 0) is 42.8 Å². The van der Waals surface area contributed by atoms with E-state index in [-0.39, 0.29) is 5.56 Å². The van der Waals surface area contributed by atoms with Gasteiger partial charge in [-0.3, -0.25) is 4.98 Å². The number of carboxylic acids is 1. The normalized spacial score (nSPS) is 15.7. The number of aromatic carboxylic acids is 1. The maximum Gasteiger partial charge on any atom is 0.337 e. The summed E-state index contributed by atoms with van der Waals surface area (Å²) >= 11 is 12.8. The molecule has 2 aromatic carbocycles. The number of benzene rings is 2. The third-order valence-electron chi connectivity index (χ3n) is 4.98. The molecule has 2 N–H and O–H groups in total. The zero-order valence-electron chi connectivity index (χ0n) is 16.5. The standard InChI is InChI=1S/C21H19Cl2N3O3S2/c1-12-8-18(15(21(27)28)10-16(12)23)25-20-14-9-13(22)2-3-17(14)24-11-19(20)31(29)26-4-6-30-7-5-26/h2-3,8-11H,4-7H2,1H3,(H,24,25)(H,27,28). The molecule has 0 spiro atoms. The highest BCUT2D eigenvalue weighted by atomic mass is 35.5. The Kier molecular flexibility index (Phi) is 6.86. The largest absolute Gasteiger partial charge is 0.593 e. The summed E-state index contributed by atoms with van der Waals surface area (Å²) < 4.78 is 15.4. The molecular weight excluding hydrogens is 477 g/mol. The van der Waals surface area contributed by atoms with E-state index < -0.39 is 17.3 Å². The smallest absolute Gasteiger partial charge is 0.337 e. The molecule has 1 aliphatic rings. The fraction of sp³-hybridized carbons (Fsp3) is 0.238. The molecule has 31 heavy (non-hydrogen) atoms. The van der Waals surface area contributed by atoms with E-state index in [9.17, 15) is 14.5 Å². The van der Waals surface area contributed by atoms with Crippen LogP contribution in [0.4, 0.5) is 11.4 Å². The molecule has 0 bridgehead atoms. The molecule has 0 saturated carbocycles. The van der Waals surface area contributed by atoms with Gasteiger partial charge in [0.2, 0.25) is 4.90 Å². The highest BCUT2D eigenvalue weighted by Gasteiger charge is 2.29. The first-order chi connectivity index (χ1) is 14.8. The molecule has 1 atom stereocenters. The number of nitrogens with zero attached hydrogens (tertiary/aromatic N) is 2. The van der Waals surface area contributed by atoms with E-state index in [1.165, 1.54) is 6.07 Å². The number of pyridine rings is 1. The minimum atomic E-state index is -1.47. The van der Waals surface area contributed by atoms with Gasteiger partial charge < -0.3 is 15.0 Å². The van der Waals surface area contributed by atoms with Crippen molar-refractivity contribution in [3.05, 3.63) is 57.7 Å². The number of hydrogen-bond donors (Lipinski definition) is 2. The Hall–Kier alpha value is -1.68. The quantitative estimate of drug-likeness (QED) is 0.460. The first-order valence-electron chi connectivity index (χ1n) is 9.48. The van der Waals surface area contributed by atoms with Crippen LogP contribution in [0.3, 0.4) is 0 Å². The number of aromatic nitrogens is 1. The lowest BCUT2D eigenvalue weighted by Gasteiger charge is -2.28. The summed E-state index contributed by atoms with van der Waals surface area (Å²) in [6.45, 7) is 3.20. The van der Waals surface area contributed by atoms with Gasteiger partial charge in [0.15, 0.2) is 0 Å². The molecule has 1 saturated heterocycles. The van der Waals surface area contributed by atoms with Crippen molar-refractivity contribution in [2.45, 2.75) is 11.8 Å². The summed E-state index contributed by atoms with van der Waals surface area (Å²) in [4.78, 5) is 16.8. The van der Waals surface area contributed by atoms with E-state index in [0.29, 0.717) is 50.3 Å². The number of anilines is 2. The Morgan fingerprint density at radius 2 is 2.00 bits per heavy atom. The second-order valence-electron chi connectivity index (χ2n) is 7.03. The number of aryl methyl sites for hydroxylation is 1. The molecule has 0 radical (unpaired) electrons. The summed E-state index contributed by atoms with van der Waals surface area (Å²) in [5, 5.41) is 14.4. The molecule has 1 aliphatic heterocycles. The molecule has 0 aliphatic carbocycles. The van der Waals surface area contributed by atoms with E-state index in [1.807, 2.05) is 16.1 Å². The first-order valence-corrected chi connectivity index (χ1v) is 12.5. The van der Waals surface area contributed by atoms with Crippen molar-refractivity contribution in [1.82, 2.24) is 9.29 Å². The lowest BCUT2D eigenvalue weighted by molar-refractivity contribution is 0.0698. The van der Waals surface area contributed by atoms with Crippen LogP contribution in [0.2, 0.25) is 10.0 Å². The Balaban J connectivity index is 1.88. The van der Waals surface area contributed by atoms with E-state index in [4.69, 9.17) is 23.2 Å². The molecule has 6 nitrogen and oxygen atoms in total. The molecule has 2 heterocycles. The molecule has 10 heteroatoms. The van der Waals surface area contributed by atoms with Crippen molar-refractivity contribution in [1.29, 1.82) is 0 Å². The van der Waals surface area contributed by atoms with E-state index >= 15 is 0 Å². The molecule has 1 fully saturated rings. The highest BCUT2D eigenvalue weighted by Crippen LogP contribution is 2.37. The maximum atomic E-state index is 13.5. The van der Waals surface area contributed by atoms with Gasteiger partial charge in [-0.15, -0.1) is 4.31 Å². The fourth-order valence-corrected chi connectivity index (χ4v) is 6.10. The monoisotopic (exact) mass is 495 g/mol. The van der Waals surface area contributed by atoms with Gasteiger partial charge in [-0.2, -0.15) is 11.8 Å². The van der Waals surface area contributed by atoms with Crippen LogP contribution in [0, 0.1) is 6.92 Å². The lowest BCUT2D eigenvalue weighted by atomic mass is 10.1. The third kappa shape index (κ3) is 4.74.